The first-order valence-corrected chi connectivity index (χ1v) is 10.3. The molecule has 3 heterocycles. The Labute approximate surface area is 178 Å². The van der Waals surface area contributed by atoms with Crippen molar-refractivity contribution < 1.29 is 8.78 Å². The van der Waals surface area contributed by atoms with E-state index in [9.17, 15) is 4.39 Å². The first kappa shape index (κ1) is 19.7. The summed E-state index contributed by atoms with van der Waals surface area (Å²) in [5.74, 6) is -0.491. The van der Waals surface area contributed by atoms with Crippen molar-refractivity contribution in [3.05, 3.63) is 42.1 Å². The molecule has 1 saturated heterocycles. The van der Waals surface area contributed by atoms with Crippen LogP contribution in [0.3, 0.4) is 0 Å². The maximum Gasteiger partial charge on any atom is 0.163 e. The molecule has 2 atom stereocenters. The Hall–Kier alpha value is -3.20. The molecule has 2 aromatic heterocycles. The number of benzene rings is 2. The normalized spacial score (nSPS) is 20.1. The van der Waals surface area contributed by atoms with Crippen molar-refractivity contribution in [2.75, 3.05) is 30.4 Å². The van der Waals surface area contributed by atoms with E-state index >= 15 is 4.39 Å². The Balaban J connectivity index is 1.48. The number of aryl methyl sites for hydroxylation is 1. The van der Waals surface area contributed by atoms with E-state index in [-0.39, 0.29) is 5.82 Å². The number of piperazine rings is 1. The highest BCUT2D eigenvalue weighted by molar-refractivity contribution is 5.95. The van der Waals surface area contributed by atoms with E-state index in [1.54, 1.807) is 30.1 Å². The molecule has 31 heavy (non-hydrogen) atoms. The molecule has 0 radical (unpaired) electrons. The van der Waals surface area contributed by atoms with Crippen LogP contribution >= 0.6 is 0 Å². The molecule has 1 aliphatic heterocycles. The van der Waals surface area contributed by atoms with Gasteiger partial charge in [0.1, 0.15) is 11.3 Å². The first-order valence-electron chi connectivity index (χ1n) is 10.3. The van der Waals surface area contributed by atoms with Gasteiger partial charge in [0.2, 0.25) is 0 Å². The third kappa shape index (κ3) is 3.38. The highest BCUT2D eigenvalue weighted by atomic mass is 19.1. The molecule has 162 valence electrons. The second kappa shape index (κ2) is 7.19. The molecule has 1 aliphatic rings. The van der Waals surface area contributed by atoms with Crippen molar-refractivity contribution in [2.45, 2.75) is 25.9 Å². The van der Waals surface area contributed by atoms with Crippen molar-refractivity contribution in [1.29, 1.82) is 0 Å². The summed E-state index contributed by atoms with van der Waals surface area (Å²) in [4.78, 5) is 4.54. The lowest BCUT2D eigenvalue weighted by Crippen LogP contribution is -2.55. The maximum atomic E-state index is 15.2. The number of H-pyrrole nitrogens is 1. The molecular weight excluding hydrogens is 400 g/mol. The third-order valence-corrected chi connectivity index (χ3v) is 6.26. The van der Waals surface area contributed by atoms with E-state index in [4.69, 9.17) is 0 Å². The Morgan fingerprint density at radius 3 is 2.52 bits per heavy atom. The van der Waals surface area contributed by atoms with Gasteiger partial charge in [-0.2, -0.15) is 10.2 Å². The predicted octanol–water partition coefficient (Wildman–Crippen LogP) is 4.00. The Bertz CT molecular complexity index is 1270. The molecule has 2 N–H and O–H groups in total. The summed E-state index contributed by atoms with van der Waals surface area (Å²) in [7, 11) is 3.86. The number of anilines is 3. The standard InChI is InChI=1S/C22H25F2N7/c1-12-9-31(10-13(2)30(12)4)16-7-17(23)20-19(8-16)26-27-22(20)25-15-5-14-11-29(3)28-21(14)18(24)6-15/h5-8,11-13H,9-10H2,1-4H3,(H2,25,26,27)/t12-,13-/m0/s1. The van der Waals surface area contributed by atoms with E-state index < -0.39 is 5.82 Å². The van der Waals surface area contributed by atoms with E-state index in [1.807, 2.05) is 6.07 Å². The Kier molecular flexibility index (Phi) is 4.58. The monoisotopic (exact) mass is 425 g/mol. The molecule has 0 aliphatic carbocycles. The zero-order valence-electron chi connectivity index (χ0n) is 17.9. The van der Waals surface area contributed by atoms with Gasteiger partial charge in [-0.15, -0.1) is 0 Å². The van der Waals surface area contributed by atoms with Gasteiger partial charge in [-0.3, -0.25) is 14.7 Å². The smallest absolute Gasteiger partial charge is 0.163 e. The van der Waals surface area contributed by atoms with Crippen LogP contribution in [-0.4, -0.2) is 57.1 Å². The number of nitrogens with one attached hydrogen (secondary N) is 2. The van der Waals surface area contributed by atoms with Crippen molar-refractivity contribution >= 4 is 39.0 Å². The second-order valence-corrected chi connectivity index (χ2v) is 8.51. The Morgan fingerprint density at radius 1 is 1.03 bits per heavy atom. The molecule has 5 rings (SSSR count). The molecule has 0 amide bonds. The summed E-state index contributed by atoms with van der Waals surface area (Å²) in [6.07, 6.45) is 1.73. The van der Waals surface area contributed by atoms with Crippen LogP contribution in [0.25, 0.3) is 21.8 Å². The molecule has 0 spiro atoms. The van der Waals surface area contributed by atoms with Crippen LogP contribution in [0.5, 0.6) is 0 Å². The summed E-state index contributed by atoms with van der Waals surface area (Å²) in [5.41, 5.74) is 2.21. The minimum absolute atomic E-state index is 0.298. The minimum Gasteiger partial charge on any atom is -0.368 e. The summed E-state index contributed by atoms with van der Waals surface area (Å²) in [5, 5.41) is 15.3. The number of hydrogen-bond acceptors (Lipinski definition) is 5. The summed E-state index contributed by atoms with van der Waals surface area (Å²) < 4.78 is 31.1. The molecule has 0 unspecified atom stereocenters. The molecule has 7 nitrogen and oxygen atoms in total. The minimum atomic E-state index is -0.443. The van der Waals surface area contributed by atoms with Crippen LogP contribution in [0, 0.1) is 11.6 Å². The zero-order chi connectivity index (χ0) is 21.9. The maximum absolute atomic E-state index is 15.2. The average molecular weight is 425 g/mol. The van der Waals surface area contributed by atoms with Crippen molar-refractivity contribution in [1.82, 2.24) is 24.9 Å². The highest BCUT2D eigenvalue weighted by Crippen LogP contribution is 2.33. The van der Waals surface area contributed by atoms with Crippen LogP contribution in [-0.2, 0) is 7.05 Å². The zero-order valence-corrected chi connectivity index (χ0v) is 17.9. The summed E-state index contributed by atoms with van der Waals surface area (Å²) in [6.45, 7) is 6.01. The van der Waals surface area contributed by atoms with Crippen LogP contribution in [0.15, 0.2) is 30.5 Å². The number of likely N-dealkylation sites (N-methyl/N-ethyl adjacent to an activating group) is 1. The third-order valence-electron chi connectivity index (χ3n) is 6.26. The van der Waals surface area contributed by atoms with Crippen molar-refractivity contribution in [2.24, 2.45) is 7.05 Å². The van der Waals surface area contributed by atoms with Crippen LogP contribution in [0.4, 0.5) is 26.0 Å². The van der Waals surface area contributed by atoms with Gasteiger partial charge in [-0.1, -0.05) is 0 Å². The lowest BCUT2D eigenvalue weighted by molar-refractivity contribution is 0.170. The number of fused-ring (bicyclic) bond motifs is 2. The van der Waals surface area contributed by atoms with E-state index in [2.05, 4.69) is 51.3 Å². The fourth-order valence-corrected chi connectivity index (χ4v) is 4.40. The fourth-order valence-electron chi connectivity index (χ4n) is 4.40. The van der Waals surface area contributed by atoms with Gasteiger partial charge in [0.05, 0.1) is 10.9 Å². The number of rotatable bonds is 3. The number of hydrogen-bond donors (Lipinski definition) is 2. The average Bonchev–Trinajstić information content (AvgIpc) is 3.29. The van der Waals surface area contributed by atoms with E-state index in [0.717, 1.165) is 18.8 Å². The molecule has 4 aromatic rings. The molecule has 2 aromatic carbocycles. The quantitative estimate of drug-likeness (QED) is 0.520. The van der Waals surface area contributed by atoms with Crippen LogP contribution in [0.2, 0.25) is 0 Å². The summed E-state index contributed by atoms with van der Waals surface area (Å²) >= 11 is 0. The van der Waals surface area contributed by atoms with Crippen LogP contribution < -0.4 is 10.2 Å². The first-order chi connectivity index (χ1) is 14.8. The lowest BCUT2D eigenvalue weighted by atomic mass is 10.1. The van der Waals surface area contributed by atoms with Gasteiger partial charge in [-0.05, 0) is 45.2 Å². The topological polar surface area (TPSA) is 65.0 Å². The van der Waals surface area contributed by atoms with E-state index in [1.165, 1.54) is 6.07 Å². The van der Waals surface area contributed by atoms with Gasteiger partial charge in [0, 0.05) is 55.2 Å². The van der Waals surface area contributed by atoms with E-state index in [0.29, 0.717) is 45.4 Å². The van der Waals surface area contributed by atoms with Gasteiger partial charge in [0.25, 0.3) is 0 Å². The number of aromatic nitrogens is 4. The van der Waals surface area contributed by atoms with Crippen molar-refractivity contribution in [3.8, 4) is 0 Å². The fraction of sp³-hybridized carbons (Fsp3) is 0.364. The largest absolute Gasteiger partial charge is 0.368 e. The lowest BCUT2D eigenvalue weighted by Gasteiger charge is -2.43. The highest BCUT2D eigenvalue weighted by Gasteiger charge is 2.27. The molecule has 0 saturated carbocycles. The number of halogens is 2. The molecule has 1 fully saturated rings. The van der Waals surface area contributed by atoms with Gasteiger partial charge in [-0.25, -0.2) is 8.78 Å². The van der Waals surface area contributed by atoms with Gasteiger partial charge in [0.15, 0.2) is 11.6 Å². The molecular formula is C22H25F2N7. The number of nitrogens with zero attached hydrogens (tertiary/aromatic N) is 5. The van der Waals surface area contributed by atoms with Gasteiger partial charge < -0.3 is 10.2 Å². The van der Waals surface area contributed by atoms with Gasteiger partial charge >= 0.3 is 0 Å². The SMILES string of the molecule is C[C@H]1CN(c2cc(F)c3c(Nc4cc(F)c5nn(C)cc5c4)n[nH]c3c2)C[C@H](C)N1C. The predicted molar refractivity (Wildman–Crippen MR) is 119 cm³/mol. The number of aromatic amines is 1. The summed E-state index contributed by atoms with van der Waals surface area (Å²) in [6, 6.07) is 7.34. The van der Waals surface area contributed by atoms with Crippen LogP contribution in [0.1, 0.15) is 13.8 Å². The Morgan fingerprint density at radius 2 is 1.77 bits per heavy atom. The molecule has 0 bridgehead atoms. The molecule has 9 heteroatoms. The van der Waals surface area contributed by atoms with Crippen molar-refractivity contribution in [3.63, 3.8) is 0 Å². The second-order valence-electron chi connectivity index (χ2n) is 8.51.